The molecule has 0 amide bonds. The van der Waals surface area contributed by atoms with Crippen molar-refractivity contribution in [3.63, 3.8) is 0 Å². The van der Waals surface area contributed by atoms with Crippen molar-refractivity contribution >= 4 is 10.8 Å². The summed E-state index contributed by atoms with van der Waals surface area (Å²) in [7, 11) is 0. The fraction of sp³-hybridized carbons (Fsp3) is 0.471. The number of nitrogens with zero attached hydrogens (tertiary/aromatic N) is 1. The van der Waals surface area contributed by atoms with E-state index in [0.717, 1.165) is 12.6 Å². The Balaban J connectivity index is 1.81. The Morgan fingerprint density at radius 3 is 2.89 bits per heavy atom. The van der Waals surface area contributed by atoms with E-state index in [1.54, 1.807) is 0 Å². The van der Waals surface area contributed by atoms with Crippen molar-refractivity contribution in [2.45, 2.75) is 38.6 Å². The zero-order chi connectivity index (χ0) is 13.2. The summed E-state index contributed by atoms with van der Waals surface area (Å²) in [5.41, 5.74) is 1.43. The minimum absolute atomic E-state index is 0.555. The number of pyridine rings is 1. The maximum Gasteiger partial charge on any atom is 0.0349 e. The zero-order valence-corrected chi connectivity index (χ0v) is 11.8. The smallest absolute Gasteiger partial charge is 0.0349 e. The molecule has 0 bridgehead atoms. The van der Waals surface area contributed by atoms with Crippen LogP contribution < -0.4 is 5.32 Å². The van der Waals surface area contributed by atoms with Crippen LogP contribution in [0, 0.1) is 5.92 Å². The van der Waals surface area contributed by atoms with Crippen molar-refractivity contribution in [1.82, 2.24) is 10.3 Å². The van der Waals surface area contributed by atoms with E-state index in [2.05, 4.69) is 48.4 Å². The van der Waals surface area contributed by atoms with Gasteiger partial charge < -0.3 is 5.32 Å². The highest BCUT2D eigenvalue weighted by atomic mass is 14.9. The summed E-state index contributed by atoms with van der Waals surface area (Å²) in [5.74, 6) is 1.20. The van der Waals surface area contributed by atoms with Gasteiger partial charge in [-0.1, -0.05) is 32.0 Å². The van der Waals surface area contributed by atoms with Crippen LogP contribution in [0.4, 0.5) is 0 Å². The molecule has 0 aliphatic heterocycles. The monoisotopic (exact) mass is 254 g/mol. The molecule has 0 spiro atoms. The molecule has 2 nitrogen and oxygen atoms in total. The molecule has 1 aliphatic rings. The van der Waals surface area contributed by atoms with E-state index in [-0.39, 0.29) is 0 Å². The molecule has 1 saturated carbocycles. The lowest BCUT2D eigenvalue weighted by atomic mass is 9.86. The van der Waals surface area contributed by atoms with Gasteiger partial charge in [0.2, 0.25) is 0 Å². The van der Waals surface area contributed by atoms with Gasteiger partial charge in [0.25, 0.3) is 0 Å². The molecule has 2 aromatic rings. The molecule has 2 unspecified atom stereocenters. The highest BCUT2D eigenvalue weighted by Crippen LogP contribution is 2.30. The molecule has 0 radical (unpaired) electrons. The normalized spacial score (nSPS) is 18.4. The number of nitrogens with one attached hydrogen (secondary N) is 1. The fourth-order valence-electron chi connectivity index (χ4n) is 2.66. The van der Waals surface area contributed by atoms with Gasteiger partial charge in [0.1, 0.15) is 0 Å². The Kier molecular flexibility index (Phi) is 3.52. The SMILES string of the molecule is CC(CNC1CC1)C(C)c1cccc2ccncc12. The topological polar surface area (TPSA) is 24.9 Å². The third-order valence-corrected chi connectivity index (χ3v) is 4.37. The van der Waals surface area contributed by atoms with Crippen LogP contribution in [-0.2, 0) is 0 Å². The van der Waals surface area contributed by atoms with Crippen molar-refractivity contribution in [2.75, 3.05) is 6.54 Å². The van der Waals surface area contributed by atoms with Gasteiger partial charge in [-0.2, -0.15) is 0 Å². The van der Waals surface area contributed by atoms with Crippen LogP contribution in [0.1, 0.15) is 38.2 Å². The highest BCUT2D eigenvalue weighted by molar-refractivity contribution is 5.85. The first kappa shape index (κ1) is 12.6. The van der Waals surface area contributed by atoms with E-state index >= 15 is 0 Å². The van der Waals surface area contributed by atoms with Gasteiger partial charge in [-0.05, 0) is 48.2 Å². The largest absolute Gasteiger partial charge is 0.314 e. The lowest BCUT2D eigenvalue weighted by Gasteiger charge is -2.22. The molecule has 1 aliphatic carbocycles. The molecule has 2 heteroatoms. The van der Waals surface area contributed by atoms with E-state index in [9.17, 15) is 0 Å². The van der Waals surface area contributed by atoms with Crippen LogP contribution in [-0.4, -0.2) is 17.6 Å². The lowest BCUT2D eigenvalue weighted by Crippen LogP contribution is -2.26. The van der Waals surface area contributed by atoms with E-state index in [1.807, 2.05) is 12.4 Å². The summed E-state index contributed by atoms with van der Waals surface area (Å²) in [6.07, 6.45) is 6.59. The van der Waals surface area contributed by atoms with E-state index in [4.69, 9.17) is 0 Å². The molecule has 1 aromatic carbocycles. The minimum atomic E-state index is 0.555. The first-order valence-corrected chi connectivity index (χ1v) is 7.31. The van der Waals surface area contributed by atoms with Crippen molar-refractivity contribution in [3.8, 4) is 0 Å². The summed E-state index contributed by atoms with van der Waals surface area (Å²) >= 11 is 0. The summed E-state index contributed by atoms with van der Waals surface area (Å²) in [4.78, 5) is 4.28. The minimum Gasteiger partial charge on any atom is -0.314 e. The first-order chi connectivity index (χ1) is 9.25. The van der Waals surface area contributed by atoms with Crippen LogP contribution in [0.3, 0.4) is 0 Å². The number of rotatable bonds is 5. The summed E-state index contributed by atoms with van der Waals surface area (Å²) < 4.78 is 0. The fourth-order valence-corrected chi connectivity index (χ4v) is 2.66. The molecule has 100 valence electrons. The summed E-state index contributed by atoms with van der Waals surface area (Å²) in [6, 6.07) is 9.47. The number of hydrogen-bond acceptors (Lipinski definition) is 2. The number of aromatic nitrogens is 1. The van der Waals surface area contributed by atoms with Crippen LogP contribution in [0.2, 0.25) is 0 Å². The Hall–Kier alpha value is -1.41. The van der Waals surface area contributed by atoms with Gasteiger partial charge in [0, 0.05) is 23.8 Å². The molecular weight excluding hydrogens is 232 g/mol. The van der Waals surface area contributed by atoms with Crippen LogP contribution in [0.25, 0.3) is 10.8 Å². The molecule has 19 heavy (non-hydrogen) atoms. The molecule has 2 atom stereocenters. The van der Waals surface area contributed by atoms with Gasteiger partial charge in [-0.15, -0.1) is 0 Å². The van der Waals surface area contributed by atoms with Gasteiger partial charge in [-0.25, -0.2) is 0 Å². The predicted octanol–water partition coefficient (Wildman–Crippen LogP) is 3.73. The average Bonchev–Trinajstić information content (AvgIpc) is 3.27. The molecular formula is C17H22N2. The Morgan fingerprint density at radius 1 is 1.26 bits per heavy atom. The maximum absolute atomic E-state index is 4.28. The van der Waals surface area contributed by atoms with Crippen LogP contribution >= 0.6 is 0 Å². The Labute approximate surface area is 115 Å². The molecule has 1 heterocycles. The second kappa shape index (κ2) is 5.30. The van der Waals surface area contributed by atoms with E-state index in [1.165, 1.54) is 29.2 Å². The standard InChI is InChI=1S/C17H22N2/c1-12(10-19-15-6-7-15)13(2)16-5-3-4-14-8-9-18-11-17(14)16/h3-5,8-9,11-13,15,19H,6-7,10H2,1-2H3. The second-order valence-corrected chi connectivity index (χ2v) is 5.89. The molecule has 3 rings (SSSR count). The van der Waals surface area contributed by atoms with E-state index in [0.29, 0.717) is 11.8 Å². The molecule has 1 aromatic heterocycles. The van der Waals surface area contributed by atoms with E-state index < -0.39 is 0 Å². The van der Waals surface area contributed by atoms with Gasteiger partial charge in [-0.3, -0.25) is 4.98 Å². The third-order valence-electron chi connectivity index (χ3n) is 4.37. The molecule has 0 saturated heterocycles. The third kappa shape index (κ3) is 2.79. The van der Waals surface area contributed by atoms with Gasteiger partial charge in [0.05, 0.1) is 0 Å². The second-order valence-electron chi connectivity index (χ2n) is 5.89. The number of fused-ring (bicyclic) bond motifs is 1. The quantitative estimate of drug-likeness (QED) is 0.879. The van der Waals surface area contributed by atoms with Crippen molar-refractivity contribution in [3.05, 3.63) is 42.2 Å². The lowest BCUT2D eigenvalue weighted by molar-refractivity contribution is 0.448. The van der Waals surface area contributed by atoms with Crippen molar-refractivity contribution < 1.29 is 0 Å². The first-order valence-electron chi connectivity index (χ1n) is 7.31. The predicted molar refractivity (Wildman–Crippen MR) is 80.3 cm³/mol. The summed E-state index contributed by atoms with van der Waals surface area (Å²) in [5, 5.41) is 6.23. The Bertz CT molecular complexity index is 555. The number of benzene rings is 1. The zero-order valence-electron chi connectivity index (χ0n) is 11.8. The van der Waals surface area contributed by atoms with Gasteiger partial charge >= 0.3 is 0 Å². The van der Waals surface area contributed by atoms with Crippen LogP contribution in [0.5, 0.6) is 0 Å². The maximum atomic E-state index is 4.28. The van der Waals surface area contributed by atoms with Crippen molar-refractivity contribution in [2.24, 2.45) is 5.92 Å². The molecule has 1 fully saturated rings. The van der Waals surface area contributed by atoms with Gasteiger partial charge in [0.15, 0.2) is 0 Å². The number of hydrogen-bond donors (Lipinski definition) is 1. The average molecular weight is 254 g/mol. The molecule has 1 N–H and O–H groups in total. The Morgan fingerprint density at radius 2 is 2.11 bits per heavy atom. The highest BCUT2D eigenvalue weighted by Gasteiger charge is 2.23. The van der Waals surface area contributed by atoms with Crippen molar-refractivity contribution in [1.29, 1.82) is 0 Å². The van der Waals surface area contributed by atoms with Crippen LogP contribution in [0.15, 0.2) is 36.7 Å². The summed E-state index contributed by atoms with van der Waals surface area (Å²) in [6.45, 7) is 5.79.